The van der Waals surface area contributed by atoms with Crippen LogP contribution in [0, 0.1) is 3.57 Å². The number of ether oxygens (including phenoxy) is 1. The Labute approximate surface area is 153 Å². The van der Waals surface area contributed by atoms with Crippen LogP contribution in [-0.2, 0) is 11.3 Å². The van der Waals surface area contributed by atoms with Crippen molar-refractivity contribution < 1.29 is 19.1 Å². The van der Waals surface area contributed by atoms with E-state index in [1.165, 1.54) is 0 Å². The molecular weight excluding hydrogens is 425 g/mol. The number of halogens is 1. The van der Waals surface area contributed by atoms with Gasteiger partial charge in [0.2, 0.25) is 5.91 Å². The van der Waals surface area contributed by atoms with Gasteiger partial charge in [-0.05, 0) is 58.4 Å². The molecule has 1 rings (SSSR count). The first-order chi connectivity index (χ1) is 10.5. The summed E-state index contributed by atoms with van der Waals surface area (Å²) in [6.45, 7) is 10.8. The average Bonchev–Trinajstić information content (AvgIpc) is 2.44. The monoisotopic (exact) mass is 451 g/mol. The van der Waals surface area contributed by atoms with Crippen molar-refractivity contribution in [1.82, 2.24) is 5.32 Å². The summed E-state index contributed by atoms with van der Waals surface area (Å²) >= 11 is 2.22. The Morgan fingerprint density at radius 3 is 2.39 bits per heavy atom. The number of aliphatic hydroxyl groups is 1. The van der Waals surface area contributed by atoms with Crippen molar-refractivity contribution in [2.75, 3.05) is 13.7 Å². The maximum absolute atomic E-state index is 11.2. The van der Waals surface area contributed by atoms with Crippen LogP contribution in [0.2, 0.25) is 18.1 Å². The highest BCUT2D eigenvalue weighted by atomic mass is 127. The number of methoxy groups -OCH3 is 1. The Morgan fingerprint density at radius 2 is 1.91 bits per heavy atom. The second kappa shape index (κ2) is 7.85. The van der Waals surface area contributed by atoms with Gasteiger partial charge in [0.25, 0.3) is 8.32 Å². The number of carbonyl (C=O) groups is 1. The third kappa shape index (κ3) is 5.35. The topological polar surface area (TPSA) is 67.8 Å². The van der Waals surface area contributed by atoms with Crippen LogP contribution in [-0.4, -0.2) is 33.0 Å². The number of benzene rings is 1. The summed E-state index contributed by atoms with van der Waals surface area (Å²) < 4.78 is 12.8. The van der Waals surface area contributed by atoms with Gasteiger partial charge in [-0.3, -0.25) is 4.79 Å². The van der Waals surface area contributed by atoms with E-state index in [4.69, 9.17) is 14.3 Å². The van der Waals surface area contributed by atoms with E-state index in [-0.39, 0.29) is 5.04 Å². The third-order valence-corrected chi connectivity index (χ3v) is 9.47. The largest absolute Gasteiger partial charge is 0.541 e. The van der Waals surface area contributed by atoms with Crippen molar-refractivity contribution in [2.24, 2.45) is 0 Å². The maximum Gasteiger partial charge on any atom is 0.250 e. The Morgan fingerprint density at radius 1 is 1.30 bits per heavy atom. The fourth-order valence-electron chi connectivity index (χ4n) is 1.63. The number of nitrogens with one attached hydrogen (secondary N) is 1. The molecule has 0 aliphatic carbocycles. The molecule has 0 saturated carbocycles. The SMILES string of the molecule is COc1cc(CNC(=O)CO)c(I)cc1O[Si](C)(C)C(C)(C)C. The second-order valence-corrected chi connectivity index (χ2v) is 12.8. The van der Waals surface area contributed by atoms with Gasteiger partial charge in [0.05, 0.1) is 7.11 Å². The number of hydrogen-bond donors (Lipinski definition) is 2. The molecule has 0 aliphatic rings. The molecule has 0 saturated heterocycles. The first-order valence-corrected chi connectivity index (χ1v) is 11.4. The summed E-state index contributed by atoms with van der Waals surface area (Å²) in [7, 11) is -0.354. The molecule has 0 atom stereocenters. The molecule has 0 bridgehead atoms. The lowest BCUT2D eigenvalue weighted by Crippen LogP contribution is -2.44. The van der Waals surface area contributed by atoms with Gasteiger partial charge in [-0.2, -0.15) is 0 Å². The van der Waals surface area contributed by atoms with Crippen LogP contribution in [0.25, 0.3) is 0 Å². The van der Waals surface area contributed by atoms with Crippen LogP contribution in [0.4, 0.5) is 0 Å². The van der Waals surface area contributed by atoms with Gasteiger partial charge in [-0.25, -0.2) is 0 Å². The minimum Gasteiger partial charge on any atom is -0.541 e. The van der Waals surface area contributed by atoms with E-state index in [0.717, 1.165) is 14.9 Å². The number of hydrogen-bond acceptors (Lipinski definition) is 4. The normalized spacial score (nSPS) is 12.0. The molecule has 1 aromatic rings. The van der Waals surface area contributed by atoms with Crippen LogP contribution in [0.3, 0.4) is 0 Å². The van der Waals surface area contributed by atoms with E-state index in [0.29, 0.717) is 12.3 Å². The van der Waals surface area contributed by atoms with E-state index in [2.05, 4.69) is 61.8 Å². The van der Waals surface area contributed by atoms with Crippen molar-refractivity contribution in [1.29, 1.82) is 0 Å². The molecule has 0 radical (unpaired) electrons. The standard InChI is InChI=1S/C16H26INO4Si/c1-16(2,3)23(5,6)22-14-8-12(17)11(7-13(14)21-4)9-18-15(20)10-19/h7-8,19H,9-10H2,1-6H3,(H,18,20). The van der Waals surface area contributed by atoms with Crippen molar-refractivity contribution in [3.63, 3.8) is 0 Å². The highest BCUT2D eigenvalue weighted by Gasteiger charge is 2.39. The molecule has 7 heteroatoms. The lowest BCUT2D eigenvalue weighted by molar-refractivity contribution is -0.123. The van der Waals surface area contributed by atoms with Crippen LogP contribution < -0.4 is 14.5 Å². The predicted molar refractivity (Wildman–Crippen MR) is 102 cm³/mol. The van der Waals surface area contributed by atoms with Gasteiger partial charge in [0, 0.05) is 10.1 Å². The first-order valence-electron chi connectivity index (χ1n) is 7.45. The van der Waals surface area contributed by atoms with Gasteiger partial charge in [-0.1, -0.05) is 20.8 Å². The zero-order chi connectivity index (χ0) is 17.8. The zero-order valence-electron chi connectivity index (χ0n) is 14.6. The van der Waals surface area contributed by atoms with Crippen molar-refractivity contribution in [2.45, 2.75) is 45.4 Å². The van der Waals surface area contributed by atoms with E-state index in [1.807, 2.05) is 12.1 Å². The van der Waals surface area contributed by atoms with Crippen LogP contribution in [0.1, 0.15) is 26.3 Å². The Bertz CT molecular complexity index is 570. The van der Waals surface area contributed by atoms with Gasteiger partial charge < -0.3 is 19.6 Å². The lowest BCUT2D eigenvalue weighted by atomic mass is 10.2. The molecule has 23 heavy (non-hydrogen) atoms. The molecule has 0 unspecified atom stereocenters. The Kier molecular flexibility index (Phi) is 6.91. The molecule has 0 heterocycles. The zero-order valence-corrected chi connectivity index (χ0v) is 17.8. The molecule has 130 valence electrons. The summed E-state index contributed by atoms with van der Waals surface area (Å²) in [6, 6.07) is 3.82. The first kappa shape index (κ1) is 20.2. The summed E-state index contributed by atoms with van der Waals surface area (Å²) in [5.74, 6) is 0.991. The van der Waals surface area contributed by atoms with Crippen LogP contribution in [0.15, 0.2) is 12.1 Å². The minimum absolute atomic E-state index is 0.0945. The van der Waals surface area contributed by atoms with E-state index in [9.17, 15) is 4.79 Å². The number of carbonyl (C=O) groups excluding carboxylic acids is 1. The van der Waals surface area contributed by atoms with Crippen molar-refractivity contribution in [3.05, 3.63) is 21.3 Å². The van der Waals surface area contributed by atoms with Gasteiger partial charge in [0.1, 0.15) is 12.4 Å². The molecule has 0 aliphatic heterocycles. The summed E-state index contributed by atoms with van der Waals surface area (Å²) in [5.41, 5.74) is 0.923. The quantitative estimate of drug-likeness (QED) is 0.515. The number of aliphatic hydroxyl groups excluding tert-OH is 1. The van der Waals surface area contributed by atoms with E-state index >= 15 is 0 Å². The molecule has 0 fully saturated rings. The summed E-state index contributed by atoms with van der Waals surface area (Å²) in [4.78, 5) is 11.2. The Balaban J connectivity index is 3.07. The average molecular weight is 451 g/mol. The summed E-state index contributed by atoms with van der Waals surface area (Å²) in [6.07, 6.45) is 0. The highest BCUT2D eigenvalue weighted by molar-refractivity contribution is 14.1. The van der Waals surface area contributed by atoms with Crippen molar-refractivity contribution >= 4 is 36.8 Å². The predicted octanol–water partition coefficient (Wildman–Crippen LogP) is 3.29. The molecular formula is C16H26INO4Si. The van der Waals surface area contributed by atoms with Crippen LogP contribution >= 0.6 is 22.6 Å². The highest BCUT2D eigenvalue weighted by Crippen LogP contribution is 2.41. The van der Waals surface area contributed by atoms with Gasteiger partial charge >= 0.3 is 0 Å². The van der Waals surface area contributed by atoms with E-state index < -0.39 is 20.8 Å². The van der Waals surface area contributed by atoms with Gasteiger partial charge in [0.15, 0.2) is 5.75 Å². The molecule has 5 nitrogen and oxygen atoms in total. The van der Waals surface area contributed by atoms with E-state index in [1.54, 1.807) is 7.11 Å². The molecule has 0 aromatic heterocycles. The number of rotatable bonds is 6. The fourth-order valence-corrected chi connectivity index (χ4v) is 3.27. The molecule has 1 aromatic carbocycles. The van der Waals surface area contributed by atoms with Crippen molar-refractivity contribution in [3.8, 4) is 11.5 Å². The fraction of sp³-hybridized carbons (Fsp3) is 0.562. The smallest absolute Gasteiger partial charge is 0.250 e. The van der Waals surface area contributed by atoms with Crippen LogP contribution in [0.5, 0.6) is 11.5 Å². The molecule has 0 spiro atoms. The molecule has 1 amide bonds. The maximum atomic E-state index is 11.2. The minimum atomic E-state index is -1.96. The lowest BCUT2D eigenvalue weighted by Gasteiger charge is -2.37. The Hall–Kier alpha value is -0.803. The van der Waals surface area contributed by atoms with Gasteiger partial charge in [-0.15, -0.1) is 0 Å². The molecule has 2 N–H and O–H groups in total. The summed E-state index contributed by atoms with van der Waals surface area (Å²) in [5, 5.41) is 11.5. The number of amides is 1. The second-order valence-electron chi connectivity index (χ2n) is 6.89. The third-order valence-electron chi connectivity index (χ3n) is 4.12.